The first-order valence-electron chi connectivity index (χ1n) is 7.89. The van der Waals surface area contributed by atoms with E-state index in [2.05, 4.69) is 11.9 Å². The second kappa shape index (κ2) is 7.86. The second-order valence-corrected chi connectivity index (χ2v) is 6.60. The zero-order valence-electron chi connectivity index (χ0n) is 13.8. The van der Waals surface area contributed by atoms with Gasteiger partial charge in [0.1, 0.15) is 5.54 Å². The van der Waals surface area contributed by atoms with Gasteiger partial charge in [-0.1, -0.05) is 30.3 Å². The molecular formula is C17H25N3O2S. The van der Waals surface area contributed by atoms with Crippen molar-refractivity contribution in [1.29, 1.82) is 0 Å². The predicted octanol–water partition coefficient (Wildman–Crippen LogP) is 1.37. The van der Waals surface area contributed by atoms with Crippen molar-refractivity contribution in [3.8, 4) is 0 Å². The van der Waals surface area contributed by atoms with Crippen LogP contribution in [0.5, 0.6) is 0 Å². The van der Waals surface area contributed by atoms with Gasteiger partial charge in [-0.25, -0.2) is 0 Å². The monoisotopic (exact) mass is 335 g/mol. The molecule has 0 aliphatic carbocycles. The third kappa shape index (κ3) is 4.50. The molecule has 0 bridgehead atoms. The molecule has 5 nitrogen and oxygen atoms in total. The fourth-order valence-electron chi connectivity index (χ4n) is 2.76. The van der Waals surface area contributed by atoms with E-state index in [-0.39, 0.29) is 5.91 Å². The van der Waals surface area contributed by atoms with E-state index < -0.39 is 5.54 Å². The lowest BCUT2D eigenvalue weighted by molar-refractivity contribution is -0.139. The van der Waals surface area contributed by atoms with Crippen molar-refractivity contribution >= 4 is 23.2 Å². The summed E-state index contributed by atoms with van der Waals surface area (Å²) in [6.07, 6.45) is 0.399. The number of benzene rings is 1. The molecule has 126 valence electrons. The molecule has 1 aromatic carbocycles. The number of thiocarbonyl (C=S) groups is 1. The molecule has 1 amide bonds. The number of nitrogens with zero attached hydrogens (tertiary/aromatic N) is 2. The Bertz CT molecular complexity index is 544. The van der Waals surface area contributed by atoms with Crippen molar-refractivity contribution in [2.24, 2.45) is 5.73 Å². The number of nitrogens with two attached hydrogens (primary N) is 1. The standard InChI is InChI=1S/C17H25N3O2S/c1-14(23)22-13-8-17(18,15-6-4-3-5-7-15)16(21)20-11-9-19(2)10-12-20/h3-7H,8-13,18H2,1-2H3. The van der Waals surface area contributed by atoms with Crippen LogP contribution in [0.1, 0.15) is 18.9 Å². The first kappa shape index (κ1) is 17.8. The maximum Gasteiger partial charge on any atom is 0.247 e. The number of hydrogen-bond donors (Lipinski definition) is 1. The van der Waals surface area contributed by atoms with E-state index in [1.165, 1.54) is 0 Å². The van der Waals surface area contributed by atoms with E-state index in [9.17, 15) is 4.79 Å². The largest absolute Gasteiger partial charge is 0.487 e. The number of hydrogen-bond acceptors (Lipinski definition) is 5. The maximum absolute atomic E-state index is 13.1. The molecule has 0 radical (unpaired) electrons. The summed E-state index contributed by atoms with van der Waals surface area (Å²) in [5.41, 5.74) is 6.32. The molecule has 1 aliphatic heterocycles. The number of rotatable bonds is 5. The summed E-state index contributed by atoms with van der Waals surface area (Å²) in [7, 11) is 2.06. The van der Waals surface area contributed by atoms with Gasteiger partial charge in [0.15, 0.2) is 5.05 Å². The molecule has 1 atom stereocenters. The minimum Gasteiger partial charge on any atom is -0.487 e. The highest BCUT2D eigenvalue weighted by Gasteiger charge is 2.39. The summed E-state index contributed by atoms with van der Waals surface area (Å²) >= 11 is 4.94. The Morgan fingerprint density at radius 1 is 1.26 bits per heavy atom. The topological polar surface area (TPSA) is 58.8 Å². The lowest BCUT2D eigenvalue weighted by atomic mass is 9.86. The van der Waals surface area contributed by atoms with Gasteiger partial charge in [0.25, 0.3) is 0 Å². The van der Waals surface area contributed by atoms with Crippen LogP contribution in [-0.4, -0.2) is 60.6 Å². The number of piperazine rings is 1. The van der Waals surface area contributed by atoms with Crippen LogP contribution >= 0.6 is 12.2 Å². The minimum absolute atomic E-state index is 0.0394. The van der Waals surface area contributed by atoms with Crippen LogP contribution in [0.25, 0.3) is 0 Å². The average molecular weight is 335 g/mol. The van der Waals surface area contributed by atoms with E-state index in [4.69, 9.17) is 22.7 Å². The molecule has 2 N–H and O–H groups in total. The Hall–Kier alpha value is -1.50. The normalized spacial score (nSPS) is 18.3. The molecule has 1 aliphatic rings. The Morgan fingerprint density at radius 2 is 1.87 bits per heavy atom. The Balaban J connectivity index is 2.18. The number of carbonyl (C=O) groups is 1. The van der Waals surface area contributed by atoms with Gasteiger partial charge in [0.2, 0.25) is 5.91 Å². The van der Waals surface area contributed by atoms with Gasteiger partial charge in [-0.3, -0.25) is 4.79 Å². The van der Waals surface area contributed by atoms with Crippen molar-refractivity contribution < 1.29 is 9.53 Å². The molecule has 1 saturated heterocycles. The van der Waals surface area contributed by atoms with Gasteiger partial charge in [-0.2, -0.15) is 0 Å². The van der Waals surface area contributed by atoms with Crippen LogP contribution in [0.4, 0.5) is 0 Å². The highest BCUT2D eigenvalue weighted by Crippen LogP contribution is 2.25. The smallest absolute Gasteiger partial charge is 0.247 e. The van der Waals surface area contributed by atoms with Crippen molar-refractivity contribution in [3.63, 3.8) is 0 Å². The summed E-state index contributed by atoms with van der Waals surface area (Å²) in [4.78, 5) is 17.2. The third-order valence-corrected chi connectivity index (χ3v) is 4.38. The SMILES string of the molecule is CC(=S)OCCC(N)(C(=O)N1CCN(C)CC1)c1ccccc1. The van der Waals surface area contributed by atoms with Crippen LogP contribution in [-0.2, 0) is 15.1 Å². The van der Waals surface area contributed by atoms with Gasteiger partial charge >= 0.3 is 0 Å². The van der Waals surface area contributed by atoms with Crippen LogP contribution in [0.15, 0.2) is 30.3 Å². The molecule has 1 aromatic rings. The van der Waals surface area contributed by atoms with Gasteiger partial charge < -0.3 is 20.3 Å². The molecule has 6 heteroatoms. The zero-order chi connectivity index (χ0) is 16.9. The zero-order valence-corrected chi connectivity index (χ0v) is 14.6. The molecule has 2 rings (SSSR count). The van der Waals surface area contributed by atoms with E-state index in [1.807, 2.05) is 35.2 Å². The molecule has 0 saturated carbocycles. The molecule has 1 fully saturated rings. The second-order valence-electron chi connectivity index (χ2n) is 6.02. The van der Waals surface area contributed by atoms with Crippen LogP contribution < -0.4 is 5.73 Å². The summed E-state index contributed by atoms with van der Waals surface area (Å²) in [6.45, 7) is 5.19. The van der Waals surface area contributed by atoms with Gasteiger partial charge in [0, 0.05) is 39.5 Å². The van der Waals surface area contributed by atoms with E-state index in [0.717, 1.165) is 18.7 Å². The lowest BCUT2D eigenvalue weighted by Gasteiger charge is -2.39. The average Bonchev–Trinajstić information content (AvgIpc) is 2.55. The van der Waals surface area contributed by atoms with E-state index >= 15 is 0 Å². The molecular weight excluding hydrogens is 310 g/mol. The van der Waals surface area contributed by atoms with E-state index in [0.29, 0.717) is 31.2 Å². The van der Waals surface area contributed by atoms with Gasteiger partial charge in [0.05, 0.1) is 6.61 Å². The van der Waals surface area contributed by atoms with Gasteiger partial charge in [-0.15, -0.1) is 0 Å². The van der Waals surface area contributed by atoms with E-state index in [1.54, 1.807) is 6.92 Å². The number of ether oxygens (including phenoxy) is 1. The van der Waals surface area contributed by atoms with Crippen LogP contribution in [0.2, 0.25) is 0 Å². The van der Waals surface area contributed by atoms with Crippen molar-refractivity contribution in [2.75, 3.05) is 39.8 Å². The summed E-state index contributed by atoms with van der Waals surface area (Å²) in [5, 5.41) is 0.465. The fourth-order valence-corrected chi connectivity index (χ4v) is 2.84. The molecule has 0 aromatic heterocycles. The summed E-state index contributed by atoms with van der Waals surface area (Å²) in [6, 6.07) is 9.53. The Labute approximate surface area is 143 Å². The summed E-state index contributed by atoms with van der Waals surface area (Å²) in [5.74, 6) is -0.0394. The fraction of sp³-hybridized carbons (Fsp3) is 0.529. The highest BCUT2D eigenvalue weighted by atomic mass is 32.1. The Kier molecular flexibility index (Phi) is 6.10. The third-order valence-electron chi connectivity index (χ3n) is 4.26. The molecule has 1 unspecified atom stereocenters. The minimum atomic E-state index is -1.08. The van der Waals surface area contributed by atoms with Crippen LogP contribution in [0.3, 0.4) is 0 Å². The van der Waals surface area contributed by atoms with Crippen molar-refractivity contribution in [1.82, 2.24) is 9.80 Å². The highest BCUT2D eigenvalue weighted by molar-refractivity contribution is 7.80. The molecule has 1 heterocycles. The van der Waals surface area contributed by atoms with Gasteiger partial charge in [-0.05, 0) is 24.8 Å². The van der Waals surface area contributed by atoms with Crippen molar-refractivity contribution in [2.45, 2.75) is 18.9 Å². The number of carbonyl (C=O) groups excluding carboxylic acids is 1. The molecule has 23 heavy (non-hydrogen) atoms. The van der Waals surface area contributed by atoms with Crippen molar-refractivity contribution in [3.05, 3.63) is 35.9 Å². The first-order valence-corrected chi connectivity index (χ1v) is 8.30. The Morgan fingerprint density at radius 3 is 2.43 bits per heavy atom. The number of likely N-dealkylation sites (N-methyl/N-ethyl adjacent to an activating group) is 1. The molecule has 0 spiro atoms. The quantitative estimate of drug-likeness (QED) is 0.824. The maximum atomic E-state index is 13.1. The first-order chi connectivity index (χ1) is 10.9. The summed E-state index contributed by atoms with van der Waals surface area (Å²) < 4.78 is 5.39. The lowest BCUT2D eigenvalue weighted by Crippen LogP contribution is -2.57. The number of amides is 1. The predicted molar refractivity (Wildman–Crippen MR) is 95.2 cm³/mol. The van der Waals surface area contributed by atoms with Crippen LogP contribution in [0, 0.1) is 0 Å².